The van der Waals surface area contributed by atoms with Crippen molar-refractivity contribution >= 4 is 33.2 Å². The molecule has 1 rings (SSSR count). The largest absolute Gasteiger partial charge is 0.368 e. The number of aryl methyl sites for hydroxylation is 2. The zero-order valence-electron chi connectivity index (χ0n) is 15.1. The van der Waals surface area contributed by atoms with Gasteiger partial charge < -0.3 is 15.2 Å². The predicted octanol–water partition coefficient (Wildman–Crippen LogP) is 1.75. The number of hydrogen-bond donors (Lipinski definition) is 2. The number of aliphatic hydroxyl groups excluding tert-OH is 1. The summed E-state index contributed by atoms with van der Waals surface area (Å²) in [5, 5.41) is 12.5. The number of hydroxylamine groups is 1. The number of alkyl halides is 1. The highest BCUT2D eigenvalue weighted by molar-refractivity contribution is 7.90. The van der Waals surface area contributed by atoms with Crippen LogP contribution in [0.2, 0.25) is 0 Å². The lowest BCUT2D eigenvalue weighted by molar-refractivity contribution is -0.173. The van der Waals surface area contributed by atoms with E-state index in [9.17, 15) is 18.3 Å². The Labute approximate surface area is 159 Å². The summed E-state index contributed by atoms with van der Waals surface area (Å²) >= 11 is 5.59. The first-order valence-corrected chi connectivity index (χ1v) is 10.1. The first kappa shape index (κ1) is 22.8. The lowest BCUT2D eigenvalue weighted by Crippen LogP contribution is -2.45. The molecule has 1 amide bonds. The Morgan fingerprint density at radius 3 is 2.50 bits per heavy atom. The molecule has 1 aromatic carbocycles. The van der Waals surface area contributed by atoms with Crippen LogP contribution in [0.1, 0.15) is 24.5 Å². The average molecular weight is 409 g/mol. The molecule has 0 aromatic heterocycles. The molecule has 26 heavy (non-hydrogen) atoms. The van der Waals surface area contributed by atoms with E-state index in [-0.39, 0.29) is 19.2 Å². The number of ether oxygens (including phenoxy) is 1. The van der Waals surface area contributed by atoms with Gasteiger partial charge in [-0.3, -0.25) is 9.63 Å². The number of nitrogens with zero attached hydrogens (tertiary/aromatic N) is 1. The molecule has 0 saturated heterocycles. The number of para-hydroxylation sites is 1. The number of hydrogen-bond acceptors (Lipinski definition) is 6. The molecule has 1 atom stereocenters. The van der Waals surface area contributed by atoms with Gasteiger partial charge in [-0.25, -0.2) is 8.42 Å². The normalized spacial score (nSPS) is 13.0. The SMILES string of the molecule is CCCOCON(CCCl)S(=O)(=O)C(O)C(=O)Nc1c(C)cccc1C. The van der Waals surface area contributed by atoms with Crippen LogP contribution in [0.15, 0.2) is 18.2 Å². The van der Waals surface area contributed by atoms with Crippen molar-refractivity contribution in [2.45, 2.75) is 32.6 Å². The summed E-state index contributed by atoms with van der Waals surface area (Å²) < 4.78 is 30.5. The molecular weight excluding hydrogens is 384 g/mol. The Bertz CT molecular complexity index is 678. The minimum absolute atomic E-state index is 0.0851. The fraction of sp³-hybridized carbons (Fsp3) is 0.562. The van der Waals surface area contributed by atoms with Gasteiger partial charge in [0.25, 0.3) is 21.4 Å². The van der Waals surface area contributed by atoms with E-state index < -0.39 is 21.4 Å². The van der Waals surface area contributed by atoms with Gasteiger partial charge in [-0.2, -0.15) is 0 Å². The molecule has 0 bridgehead atoms. The van der Waals surface area contributed by atoms with Gasteiger partial charge in [-0.1, -0.05) is 29.6 Å². The monoisotopic (exact) mass is 408 g/mol. The van der Waals surface area contributed by atoms with Gasteiger partial charge in [0.2, 0.25) is 0 Å². The molecule has 0 fully saturated rings. The van der Waals surface area contributed by atoms with E-state index in [1.807, 2.05) is 6.92 Å². The maximum Gasteiger partial charge on any atom is 0.272 e. The number of benzene rings is 1. The molecule has 0 saturated carbocycles. The van der Waals surface area contributed by atoms with Crippen molar-refractivity contribution < 1.29 is 27.9 Å². The minimum atomic E-state index is -4.51. The highest BCUT2D eigenvalue weighted by atomic mass is 35.5. The van der Waals surface area contributed by atoms with Gasteiger partial charge >= 0.3 is 0 Å². The maximum atomic E-state index is 12.5. The van der Waals surface area contributed by atoms with Gasteiger partial charge in [-0.05, 0) is 31.4 Å². The van der Waals surface area contributed by atoms with E-state index in [1.165, 1.54) is 0 Å². The van der Waals surface area contributed by atoms with Crippen molar-refractivity contribution in [1.82, 2.24) is 4.47 Å². The standard InChI is InChI=1S/C16H25ClN2O6S/c1-4-10-24-11-25-19(9-8-17)26(22,23)16(21)15(20)18-14-12(2)6-5-7-13(14)3/h5-7,16,21H,4,8-11H2,1-3H3,(H,18,20). The maximum absolute atomic E-state index is 12.5. The van der Waals surface area contributed by atoms with E-state index in [1.54, 1.807) is 32.0 Å². The summed E-state index contributed by atoms with van der Waals surface area (Å²) in [6, 6.07) is 5.33. The van der Waals surface area contributed by atoms with Crippen LogP contribution in [0, 0.1) is 13.8 Å². The van der Waals surface area contributed by atoms with E-state index >= 15 is 0 Å². The van der Waals surface area contributed by atoms with Crippen molar-refractivity contribution in [2.24, 2.45) is 0 Å². The lowest BCUT2D eigenvalue weighted by atomic mass is 10.1. The molecule has 0 radical (unpaired) electrons. The van der Waals surface area contributed by atoms with Gasteiger partial charge in [0.05, 0.1) is 6.54 Å². The fourth-order valence-corrected chi connectivity index (χ4v) is 3.42. The third kappa shape index (κ3) is 6.19. The molecule has 0 aliphatic carbocycles. The summed E-state index contributed by atoms with van der Waals surface area (Å²) in [7, 11) is -4.51. The molecule has 1 unspecified atom stereocenters. The second kappa shape index (κ2) is 10.8. The first-order chi connectivity index (χ1) is 12.3. The molecule has 0 heterocycles. The number of aliphatic hydroxyl groups is 1. The summed E-state index contributed by atoms with van der Waals surface area (Å²) in [4.78, 5) is 17.3. The Balaban J connectivity index is 2.88. The van der Waals surface area contributed by atoms with E-state index in [4.69, 9.17) is 21.2 Å². The number of rotatable bonds is 11. The molecule has 10 heteroatoms. The van der Waals surface area contributed by atoms with E-state index in [0.29, 0.717) is 16.8 Å². The van der Waals surface area contributed by atoms with Crippen LogP contribution in [0.3, 0.4) is 0 Å². The Morgan fingerprint density at radius 1 is 1.35 bits per heavy atom. The van der Waals surface area contributed by atoms with Crippen molar-refractivity contribution in [3.8, 4) is 0 Å². The molecule has 1 aromatic rings. The van der Waals surface area contributed by atoms with Crippen molar-refractivity contribution in [1.29, 1.82) is 0 Å². The average Bonchev–Trinajstić information content (AvgIpc) is 2.60. The number of anilines is 1. The third-order valence-corrected chi connectivity index (χ3v) is 5.22. The number of halogens is 1. The quantitative estimate of drug-likeness (QED) is 0.250. The number of amides is 1. The van der Waals surface area contributed by atoms with Crippen LogP contribution in [0.25, 0.3) is 0 Å². The number of carbonyl (C=O) groups is 1. The van der Waals surface area contributed by atoms with Crippen LogP contribution in [-0.4, -0.2) is 55.2 Å². The Hall–Kier alpha value is -1.23. The molecule has 0 spiro atoms. The molecule has 8 nitrogen and oxygen atoms in total. The van der Waals surface area contributed by atoms with Gasteiger partial charge in [-0.15, -0.1) is 11.6 Å². The highest BCUT2D eigenvalue weighted by Crippen LogP contribution is 2.20. The molecule has 148 valence electrons. The summed E-state index contributed by atoms with van der Waals surface area (Å²) in [5.74, 6) is -1.17. The predicted molar refractivity (Wildman–Crippen MR) is 99.1 cm³/mol. The smallest absolute Gasteiger partial charge is 0.272 e. The second-order valence-electron chi connectivity index (χ2n) is 5.52. The fourth-order valence-electron chi connectivity index (χ4n) is 2.08. The van der Waals surface area contributed by atoms with Gasteiger partial charge in [0.15, 0.2) is 6.79 Å². The second-order valence-corrected chi connectivity index (χ2v) is 7.79. The highest BCUT2D eigenvalue weighted by Gasteiger charge is 2.37. The van der Waals surface area contributed by atoms with Crippen LogP contribution >= 0.6 is 11.6 Å². The Morgan fingerprint density at radius 2 is 1.96 bits per heavy atom. The van der Waals surface area contributed by atoms with E-state index in [2.05, 4.69) is 5.32 Å². The Kier molecular flexibility index (Phi) is 9.48. The molecule has 2 N–H and O–H groups in total. The minimum Gasteiger partial charge on any atom is -0.368 e. The number of nitrogens with one attached hydrogen (secondary N) is 1. The first-order valence-electron chi connectivity index (χ1n) is 8.09. The van der Waals surface area contributed by atoms with Crippen LogP contribution in [-0.2, 0) is 24.4 Å². The van der Waals surface area contributed by atoms with Gasteiger partial charge in [0, 0.05) is 18.2 Å². The zero-order chi connectivity index (χ0) is 19.7. The number of carbonyl (C=O) groups excluding carboxylic acids is 1. The summed E-state index contributed by atoms with van der Waals surface area (Å²) in [6.45, 7) is 5.20. The molecule has 0 aliphatic heterocycles. The summed E-state index contributed by atoms with van der Waals surface area (Å²) in [5.41, 5.74) is -0.423. The van der Waals surface area contributed by atoms with Crippen molar-refractivity contribution in [3.05, 3.63) is 29.3 Å². The molecular formula is C16H25ClN2O6S. The summed E-state index contributed by atoms with van der Waals surface area (Å²) in [6.07, 6.45) is 0.729. The van der Waals surface area contributed by atoms with E-state index in [0.717, 1.165) is 17.5 Å². The van der Waals surface area contributed by atoms with Crippen LogP contribution in [0.4, 0.5) is 5.69 Å². The topological polar surface area (TPSA) is 105 Å². The van der Waals surface area contributed by atoms with Crippen LogP contribution in [0.5, 0.6) is 0 Å². The zero-order valence-corrected chi connectivity index (χ0v) is 16.6. The molecule has 0 aliphatic rings. The van der Waals surface area contributed by atoms with Crippen LogP contribution < -0.4 is 5.32 Å². The van der Waals surface area contributed by atoms with Crippen molar-refractivity contribution in [2.75, 3.05) is 31.1 Å². The number of sulfonamides is 1. The lowest BCUT2D eigenvalue weighted by Gasteiger charge is -2.23. The van der Waals surface area contributed by atoms with Crippen molar-refractivity contribution in [3.63, 3.8) is 0 Å². The van der Waals surface area contributed by atoms with Gasteiger partial charge in [0.1, 0.15) is 0 Å². The third-order valence-electron chi connectivity index (χ3n) is 3.42.